The van der Waals surface area contributed by atoms with Crippen LogP contribution >= 0.6 is 0 Å². The van der Waals surface area contributed by atoms with Crippen LogP contribution in [0.25, 0.3) is 0 Å². The first kappa shape index (κ1) is 20.7. The molecule has 0 aliphatic carbocycles. The Morgan fingerprint density at radius 2 is 1.50 bits per heavy atom. The highest BCUT2D eigenvalue weighted by Gasteiger charge is 2.25. The van der Waals surface area contributed by atoms with Crippen molar-refractivity contribution in [2.75, 3.05) is 6.61 Å². The summed E-state index contributed by atoms with van der Waals surface area (Å²) in [5.41, 5.74) is 0.00304. The molecule has 0 aromatic carbocycles. The lowest BCUT2D eigenvalue weighted by Gasteiger charge is -2.07. The first-order valence-corrected chi connectivity index (χ1v) is 9.80. The summed E-state index contributed by atoms with van der Waals surface area (Å²) < 4.78 is 5.62. The predicted octanol–water partition coefficient (Wildman–Crippen LogP) is 6.78. The van der Waals surface area contributed by atoms with Gasteiger partial charge >= 0.3 is 0 Å². The summed E-state index contributed by atoms with van der Waals surface area (Å²) in [4.78, 5) is 4.60. The van der Waals surface area contributed by atoms with Gasteiger partial charge in [-0.3, -0.25) is 0 Å². The van der Waals surface area contributed by atoms with Crippen LogP contribution in [0.2, 0.25) is 0 Å². The Balaban J connectivity index is 1.87. The molecule has 136 valence electrons. The third kappa shape index (κ3) is 11.3. The van der Waals surface area contributed by atoms with Crippen LogP contribution in [-0.2, 0) is 4.74 Å². The van der Waals surface area contributed by atoms with Gasteiger partial charge in [-0.05, 0) is 52.4 Å². The van der Waals surface area contributed by atoms with Gasteiger partial charge in [-0.15, -0.1) is 0 Å². The molecule has 0 atom stereocenters. The van der Waals surface area contributed by atoms with Crippen molar-refractivity contribution in [2.24, 2.45) is 4.99 Å². The molecule has 1 heterocycles. The Labute approximate surface area is 149 Å². The van der Waals surface area contributed by atoms with Gasteiger partial charge < -0.3 is 4.74 Å². The number of rotatable bonds is 13. The third-order valence-corrected chi connectivity index (χ3v) is 4.06. The summed E-state index contributed by atoms with van der Waals surface area (Å²) in [7, 11) is 0. The van der Waals surface area contributed by atoms with E-state index in [1.807, 2.05) is 0 Å². The Bertz CT molecular complexity index is 429. The minimum absolute atomic E-state index is 0.00304. The molecule has 0 unspecified atom stereocenters. The number of allylic oxidation sites excluding steroid dienone is 6. The molecular weight excluding hydrogens is 294 g/mol. The fourth-order valence-electron chi connectivity index (χ4n) is 2.69. The van der Waals surface area contributed by atoms with Crippen LogP contribution in [0.3, 0.4) is 0 Å². The van der Waals surface area contributed by atoms with Gasteiger partial charge in [-0.2, -0.15) is 0 Å². The van der Waals surface area contributed by atoms with Crippen molar-refractivity contribution in [3.05, 3.63) is 36.5 Å². The van der Waals surface area contributed by atoms with Crippen molar-refractivity contribution in [1.82, 2.24) is 0 Å². The lowest BCUT2D eigenvalue weighted by atomic mass is 10.1. The second-order valence-corrected chi connectivity index (χ2v) is 7.21. The van der Waals surface area contributed by atoms with E-state index < -0.39 is 0 Å². The van der Waals surface area contributed by atoms with Crippen LogP contribution in [0.5, 0.6) is 0 Å². The monoisotopic (exact) mass is 331 g/mol. The number of unbranched alkanes of at least 4 members (excludes halogenated alkanes) is 5. The highest BCUT2D eigenvalue weighted by Crippen LogP contribution is 2.19. The molecule has 0 amide bonds. The molecule has 1 rings (SSSR count). The maximum Gasteiger partial charge on any atom is 0.183 e. The molecule has 0 aromatic heterocycles. The van der Waals surface area contributed by atoms with E-state index in [1.165, 1.54) is 38.5 Å². The molecule has 0 aromatic rings. The third-order valence-electron chi connectivity index (χ3n) is 4.06. The van der Waals surface area contributed by atoms with Gasteiger partial charge in [0.1, 0.15) is 6.61 Å². The lowest BCUT2D eigenvalue weighted by molar-refractivity contribution is 0.273. The molecule has 1 aliphatic rings. The van der Waals surface area contributed by atoms with Gasteiger partial charge in [0, 0.05) is 6.42 Å². The van der Waals surface area contributed by atoms with Gasteiger partial charge in [0.05, 0.1) is 5.54 Å². The fourth-order valence-corrected chi connectivity index (χ4v) is 2.69. The zero-order valence-corrected chi connectivity index (χ0v) is 16.1. The smallest absolute Gasteiger partial charge is 0.183 e. The highest BCUT2D eigenvalue weighted by molar-refractivity contribution is 5.78. The molecule has 2 nitrogen and oxygen atoms in total. The molecule has 0 saturated heterocycles. The minimum atomic E-state index is 0.00304. The Morgan fingerprint density at radius 1 is 0.875 bits per heavy atom. The second-order valence-electron chi connectivity index (χ2n) is 7.21. The molecule has 0 fully saturated rings. The van der Waals surface area contributed by atoms with E-state index in [0.717, 1.165) is 38.2 Å². The van der Waals surface area contributed by atoms with Crippen molar-refractivity contribution >= 4 is 5.90 Å². The van der Waals surface area contributed by atoms with E-state index >= 15 is 0 Å². The quantitative estimate of drug-likeness (QED) is 0.269. The summed E-state index contributed by atoms with van der Waals surface area (Å²) in [5.74, 6) is 0.973. The van der Waals surface area contributed by atoms with Crippen molar-refractivity contribution in [1.29, 1.82) is 0 Å². The molecular formula is C22H37NO. The number of ether oxygens (including phenoxy) is 1. The summed E-state index contributed by atoms with van der Waals surface area (Å²) >= 11 is 0. The molecule has 0 bridgehead atoms. The van der Waals surface area contributed by atoms with Gasteiger partial charge in [0.2, 0.25) is 0 Å². The van der Waals surface area contributed by atoms with E-state index in [9.17, 15) is 0 Å². The summed E-state index contributed by atoms with van der Waals surface area (Å²) in [5, 5.41) is 0. The van der Waals surface area contributed by atoms with E-state index in [2.05, 4.69) is 62.2 Å². The van der Waals surface area contributed by atoms with Crippen LogP contribution < -0.4 is 0 Å². The second kappa shape index (κ2) is 13.0. The number of nitrogens with zero attached hydrogens (tertiary/aromatic N) is 1. The molecule has 0 radical (unpaired) electrons. The molecule has 0 N–H and O–H groups in total. The summed E-state index contributed by atoms with van der Waals surface area (Å²) in [6.45, 7) is 7.18. The first-order valence-electron chi connectivity index (χ1n) is 9.80. The van der Waals surface area contributed by atoms with Gasteiger partial charge in [-0.1, -0.05) is 62.6 Å². The number of hydrogen-bond acceptors (Lipinski definition) is 2. The van der Waals surface area contributed by atoms with Gasteiger partial charge in [0.25, 0.3) is 0 Å². The topological polar surface area (TPSA) is 21.6 Å². The van der Waals surface area contributed by atoms with E-state index in [4.69, 9.17) is 4.74 Å². The van der Waals surface area contributed by atoms with Gasteiger partial charge in [0.15, 0.2) is 5.90 Å². The van der Waals surface area contributed by atoms with Crippen LogP contribution in [0.1, 0.15) is 85.0 Å². The highest BCUT2D eigenvalue weighted by atomic mass is 16.5. The molecule has 2 heteroatoms. The largest absolute Gasteiger partial charge is 0.478 e. The zero-order chi connectivity index (χ0) is 17.5. The van der Waals surface area contributed by atoms with Crippen LogP contribution in [0, 0.1) is 0 Å². The average Bonchev–Trinajstić information content (AvgIpc) is 2.90. The van der Waals surface area contributed by atoms with Crippen molar-refractivity contribution in [3.63, 3.8) is 0 Å². The maximum atomic E-state index is 5.62. The number of hydrogen-bond donors (Lipinski definition) is 0. The number of aliphatic imine (C=N–C) groups is 1. The van der Waals surface area contributed by atoms with Crippen molar-refractivity contribution < 1.29 is 4.74 Å². The molecule has 0 saturated carbocycles. The molecule has 24 heavy (non-hydrogen) atoms. The Morgan fingerprint density at radius 3 is 2.17 bits per heavy atom. The van der Waals surface area contributed by atoms with E-state index in [0.29, 0.717) is 0 Å². The fraction of sp³-hybridized carbons (Fsp3) is 0.682. The van der Waals surface area contributed by atoms with Crippen LogP contribution in [0.4, 0.5) is 0 Å². The standard InChI is InChI=1S/C22H37NO/c1-4-5-6-7-8-9-10-11-12-13-14-15-16-17-18-19-21-23-22(2,3)20-24-21/h5-6,8-9,11-12H,4,7,10,13-20H2,1-3H3/b6-5+,9-8+,12-11+. The summed E-state index contributed by atoms with van der Waals surface area (Å²) in [6, 6.07) is 0. The normalized spacial score (nSPS) is 17.2. The van der Waals surface area contributed by atoms with Crippen molar-refractivity contribution in [2.45, 2.75) is 90.5 Å². The average molecular weight is 332 g/mol. The van der Waals surface area contributed by atoms with E-state index in [-0.39, 0.29) is 5.54 Å². The summed E-state index contributed by atoms with van der Waals surface area (Å²) in [6.07, 6.45) is 25.5. The minimum Gasteiger partial charge on any atom is -0.478 e. The van der Waals surface area contributed by atoms with Crippen LogP contribution in [-0.4, -0.2) is 18.0 Å². The van der Waals surface area contributed by atoms with Gasteiger partial charge in [-0.25, -0.2) is 4.99 Å². The Hall–Kier alpha value is -1.31. The van der Waals surface area contributed by atoms with Crippen molar-refractivity contribution in [3.8, 4) is 0 Å². The molecule has 0 spiro atoms. The molecule has 1 aliphatic heterocycles. The zero-order valence-electron chi connectivity index (χ0n) is 16.1. The van der Waals surface area contributed by atoms with Crippen LogP contribution in [0.15, 0.2) is 41.4 Å². The predicted molar refractivity (Wildman–Crippen MR) is 107 cm³/mol. The van der Waals surface area contributed by atoms with E-state index in [1.54, 1.807) is 0 Å². The maximum absolute atomic E-state index is 5.62. The lowest BCUT2D eigenvalue weighted by Crippen LogP contribution is -2.17. The SMILES string of the molecule is CC/C=C/C/C=C/C/C=C/CCCCCCCC1=NC(C)(C)CO1. The first-order chi connectivity index (χ1) is 11.6. The Kier molecular flexibility index (Phi) is 11.3.